The summed E-state index contributed by atoms with van der Waals surface area (Å²) in [7, 11) is 0. The molecule has 0 unspecified atom stereocenters. The molecule has 6 N–H and O–H groups in total. The Hall–Kier alpha value is -13.6. The molecule has 18 rings (SSSR count). The van der Waals surface area contributed by atoms with Crippen LogP contribution in [0.4, 0.5) is 4.39 Å². The molecule has 6 radical (unpaired) electrons. The molecule has 0 amide bonds. The summed E-state index contributed by atoms with van der Waals surface area (Å²) in [5.41, 5.74) is 8.94. The Kier molecular flexibility index (Phi) is 54.9. The van der Waals surface area contributed by atoms with E-state index in [9.17, 15) is 42.7 Å². The smallest absolute Gasteiger partial charge is 0.330 e. The Morgan fingerprint density at radius 1 is 0.311 bits per heavy atom. The normalized spacial score (nSPS) is 10.6. The van der Waals surface area contributed by atoms with Crippen molar-refractivity contribution in [1.29, 1.82) is 0 Å². The van der Waals surface area contributed by atoms with Gasteiger partial charge in [-0.25, -0.2) is 23.9 Å². The molecule has 0 aliphatic heterocycles. The summed E-state index contributed by atoms with van der Waals surface area (Å²) in [5, 5.41) is 57.8. The largest absolute Gasteiger partial charge is 0.512 e. The molecule has 0 fully saturated rings. The average Bonchev–Trinajstić information content (AvgIpc) is 0.706. The zero-order valence-electron chi connectivity index (χ0n) is 73.2. The molecule has 14 heterocycles. The first-order valence-electron chi connectivity index (χ1n) is 38.0. The van der Waals surface area contributed by atoms with Gasteiger partial charge in [-0.3, -0.25) is 48.7 Å². The fourth-order valence-electron chi connectivity index (χ4n) is 10.8. The van der Waals surface area contributed by atoms with Gasteiger partial charge in [-0.05, 0) is 145 Å². The topological polar surface area (TPSA) is 503 Å². The second-order valence-corrected chi connectivity index (χ2v) is 26.5. The van der Waals surface area contributed by atoms with E-state index in [4.69, 9.17) is 39.5 Å². The number of benzene rings is 4. The summed E-state index contributed by atoms with van der Waals surface area (Å²) >= 11 is 0. The van der Waals surface area contributed by atoms with Crippen molar-refractivity contribution in [1.82, 2.24) is 84.7 Å². The first-order chi connectivity index (χ1) is 61.7. The Morgan fingerprint density at radius 3 is 1.10 bits per heavy atom. The van der Waals surface area contributed by atoms with Crippen LogP contribution in [-0.2, 0) is 149 Å². The zero-order valence-corrected chi connectivity index (χ0v) is 87.6. The number of aliphatic hydroxyl groups excluding tert-OH is 6. The summed E-state index contributed by atoms with van der Waals surface area (Å²) in [6, 6.07) is 46.0. The number of allylic oxidation sites excluding steroid dienone is 12. The number of carbonyl (C=O) groups excluding carboxylic acids is 6. The number of nitrogens with zero attached hydrogens (tertiary/aromatic N) is 17. The van der Waals surface area contributed by atoms with Gasteiger partial charge in [0.1, 0.15) is 30.0 Å². The Morgan fingerprint density at radius 2 is 0.644 bits per heavy atom. The van der Waals surface area contributed by atoms with Gasteiger partial charge in [0.15, 0.2) is 34.7 Å². The van der Waals surface area contributed by atoms with Crippen LogP contribution in [0.25, 0.3) is 131 Å². The maximum Gasteiger partial charge on any atom is 0.330 e. The van der Waals surface area contributed by atoms with Crippen LogP contribution in [0, 0.1) is 42.5 Å². The van der Waals surface area contributed by atoms with Crippen molar-refractivity contribution in [2.75, 3.05) is 0 Å². The van der Waals surface area contributed by atoms with E-state index in [0.717, 1.165) is 71.1 Å². The van der Waals surface area contributed by atoms with Crippen LogP contribution < -0.4 is 11.3 Å². The molecule has 0 aliphatic carbocycles. The molecule has 0 saturated heterocycles. The average molecular weight is 2890 g/mol. The third kappa shape index (κ3) is 40.4. The van der Waals surface area contributed by atoms with Crippen molar-refractivity contribution >= 4 is 166 Å². The summed E-state index contributed by atoms with van der Waals surface area (Å²) in [5.74, 6) is -0.911. The van der Waals surface area contributed by atoms with Crippen molar-refractivity contribution in [2.45, 2.75) is 83.1 Å². The molecule has 135 heavy (non-hydrogen) atoms. The van der Waals surface area contributed by atoms with Gasteiger partial charge in [0, 0.05) is 257 Å². The van der Waals surface area contributed by atoms with E-state index in [0.29, 0.717) is 49.0 Å². The number of ketones is 6. The number of rotatable bonds is 6. The number of aromatic nitrogens is 17. The van der Waals surface area contributed by atoms with Gasteiger partial charge >= 0.3 is 11.3 Å². The van der Waals surface area contributed by atoms with E-state index in [1.54, 1.807) is 111 Å². The molecular weight excluding hydrogens is 2810 g/mol. The third-order valence-corrected chi connectivity index (χ3v) is 15.4. The maximum absolute atomic E-state index is 12.9. The Bertz CT molecular complexity index is 6620. The van der Waals surface area contributed by atoms with Crippen molar-refractivity contribution in [3.05, 3.63) is 331 Å². The van der Waals surface area contributed by atoms with Gasteiger partial charge in [0.2, 0.25) is 0 Å². The monoisotopic (exact) mass is 2890 g/mol. The van der Waals surface area contributed by atoms with Gasteiger partial charge < -0.3 is 94.3 Å². The number of fused-ring (bicyclic) bond motifs is 18. The molecular formula is C95H80FIr6N17O16-6. The molecule has 33 nitrogen and oxygen atoms in total. The van der Waals surface area contributed by atoms with Crippen molar-refractivity contribution in [3.63, 3.8) is 0 Å². The Labute approximate surface area is 850 Å². The Balaban J connectivity index is 0.000000744. The van der Waals surface area contributed by atoms with Crippen LogP contribution in [0.2, 0.25) is 0 Å². The minimum absolute atomic E-state index is 0. The minimum Gasteiger partial charge on any atom is -0.512 e. The maximum atomic E-state index is 12.9. The van der Waals surface area contributed by atoms with Gasteiger partial charge in [-0.1, -0.05) is 118 Å². The number of aliphatic hydroxyl groups is 6. The van der Waals surface area contributed by atoms with Crippen molar-refractivity contribution in [2.24, 2.45) is 0 Å². The minimum atomic E-state index is -0.536. The molecule has 708 valence electrons. The summed E-state index contributed by atoms with van der Waals surface area (Å²) in [4.78, 5) is 152. The molecule has 0 aliphatic rings. The molecule has 14 aromatic heterocycles. The van der Waals surface area contributed by atoms with E-state index >= 15 is 0 Å². The van der Waals surface area contributed by atoms with Crippen molar-refractivity contribution in [3.8, 4) is 0 Å². The number of pyridine rings is 7. The van der Waals surface area contributed by atoms with E-state index in [-0.39, 0.29) is 201 Å². The fourth-order valence-corrected chi connectivity index (χ4v) is 10.8. The van der Waals surface area contributed by atoms with Gasteiger partial charge in [0.25, 0.3) is 0 Å². The van der Waals surface area contributed by atoms with Crippen LogP contribution in [0.15, 0.2) is 286 Å². The predicted octanol–water partition coefficient (Wildman–Crippen LogP) is 16.7. The van der Waals surface area contributed by atoms with Crippen molar-refractivity contribution < 1.29 is 193 Å². The first kappa shape index (κ1) is 119. The quantitative estimate of drug-likeness (QED) is 0.0296. The number of hydrogen-bond acceptors (Lipinski definition) is 33. The fraction of sp³-hybridized carbons (Fsp3) is 0.126. The number of hydrogen-bond donors (Lipinski definition) is 6. The molecule has 0 spiro atoms. The van der Waals surface area contributed by atoms with E-state index in [2.05, 4.69) is 121 Å². The van der Waals surface area contributed by atoms with Gasteiger partial charge in [-0.15, -0.1) is 54.6 Å². The van der Waals surface area contributed by atoms with E-state index < -0.39 is 17.2 Å². The van der Waals surface area contributed by atoms with Crippen LogP contribution >= 0.6 is 0 Å². The molecule has 4 aromatic carbocycles. The number of halogens is 1. The standard InChI is InChI=1S/C12H7N2.C11H5FN3.2C11H6N3.2C10H4N3O2.6C5H8O2.6Ir/c1-3-9-5-6-11-10(4-2-7-13-11)12(9)14-8-1;12-10-4-1-7-8(15-10)2-3-9-11(7)14-6-5-13-9;1-2-9-10(13-5-1)4-3-8-6-12-7-14-11(8)9;1-2-8-9(12-5-1)3-4-10-11(8)14-7-6-13-10;14-10-6-2-1-3-12-8(6)7-4-11-5-13-9(7)15-10;14-10-7-4-11-5-13-8(7)6-2-1-3-12-9(6)15-10;6*1-4(6)3-5(2)7;;;;;;/h1-3,5-8H;2-6H;2*1,3-7H;1-3,5H;1,3-5H;6*3,6H,1-2H3;;;;;;/q6*-1;;;;;;;;;;;;. The molecule has 40 heteroatoms. The molecule has 18 aromatic rings. The summed E-state index contributed by atoms with van der Waals surface area (Å²) < 4.78 is 22.9. The third-order valence-electron chi connectivity index (χ3n) is 15.4. The van der Waals surface area contributed by atoms with Crippen LogP contribution in [0.1, 0.15) is 83.1 Å². The second kappa shape index (κ2) is 62.0. The number of carbonyl (C=O) groups is 6. The summed E-state index contributed by atoms with van der Waals surface area (Å²) in [6.45, 7) is 17.1. The SMILES string of the molecule is CC(=O)C=C(C)O.CC(=O)C=C(C)O.CC(=O)C=C(C)O.CC(=O)C=C(C)O.CC(=O)C=C(C)O.CC(=O)C=C(C)O.Fc1c[c-]c2c(ccc3nccnc32)n1.O=c1oc2ncc[c-]c2c2ncncc12.O=c1oc2ncn[c-]c2c2ncccc12.[Ir].[Ir].[Ir].[Ir].[Ir].[Ir].[c-]1ccnc2ccc3cccnc3c12.[c-]1ccnc2ccc3cncnc3c12.[c-]1ccnc2ccc3nccnc3c12. The zero-order chi connectivity index (χ0) is 94.1. The van der Waals surface area contributed by atoms with E-state index in [1.807, 2.05) is 54.6 Å². The molecule has 0 atom stereocenters. The first-order valence-corrected chi connectivity index (χ1v) is 38.0. The van der Waals surface area contributed by atoms with Crippen LogP contribution in [0.3, 0.4) is 0 Å². The van der Waals surface area contributed by atoms with Gasteiger partial charge in [-0.2, -0.15) is 0 Å². The second-order valence-electron chi connectivity index (χ2n) is 26.5. The van der Waals surface area contributed by atoms with E-state index in [1.165, 1.54) is 151 Å². The van der Waals surface area contributed by atoms with Crippen LogP contribution in [-0.4, -0.2) is 150 Å². The molecule has 0 bridgehead atoms. The van der Waals surface area contributed by atoms with Crippen LogP contribution in [0.5, 0.6) is 0 Å². The van der Waals surface area contributed by atoms with Gasteiger partial charge in [0.05, 0.1) is 39.9 Å². The molecule has 0 saturated carbocycles. The predicted molar refractivity (Wildman–Crippen MR) is 484 cm³/mol. The summed E-state index contributed by atoms with van der Waals surface area (Å²) in [6.07, 6.45) is 33.8.